The quantitative estimate of drug-likeness (QED) is 0.798. The van der Waals surface area contributed by atoms with E-state index in [1.165, 1.54) is 0 Å². The van der Waals surface area contributed by atoms with Gasteiger partial charge in [-0.15, -0.1) is 0 Å². The molecular formula is C12H26N2O2S. The summed E-state index contributed by atoms with van der Waals surface area (Å²) in [5, 5.41) is 0. The lowest BCUT2D eigenvalue weighted by atomic mass is 9.92. The van der Waals surface area contributed by atoms with Crippen LogP contribution in [-0.2, 0) is 9.84 Å². The van der Waals surface area contributed by atoms with Crippen molar-refractivity contribution in [3.05, 3.63) is 0 Å². The van der Waals surface area contributed by atoms with Gasteiger partial charge < -0.3 is 10.6 Å². The van der Waals surface area contributed by atoms with E-state index in [9.17, 15) is 8.42 Å². The second-order valence-corrected chi connectivity index (χ2v) is 8.12. The number of rotatable bonds is 5. The molecule has 1 aliphatic heterocycles. The standard InChI is InChI=1S/C12H26N2O2S/c1-4-14(10-12(2,3)9-13)11-5-7-17(15,16)8-6-11/h11H,4-10,13H2,1-3H3. The molecule has 1 heterocycles. The Bertz CT molecular complexity index is 324. The van der Waals surface area contributed by atoms with Crippen LogP contribution in [0.5, 0.6) is 0 Å². The Labute approximate surface area is 105 Å². The summed E-state index contributed by atoms with van der Waals surface area (Å²) in [5.74, 6) is 0.689. The predicted molar refractivity (Wildman–Crippen MR) is 71.8 cm³/mol. The molecule has 4 nitrogen and oxygen atoms in total. The molecule has 1 fully saturated rings. The predicted octanol–water partition coefficient (Wildman–Crippen LogP) is 0.870. The molecule has 2 N–H and O–H groups in total. The van der Waals surface area contributed by atoms with Gasteiger partial charge in [0, 0.05) is 12.6 Å². The molecule has 0 amide bonds. The Hall–Kier alpha value is -0.130. The van der Waals surface area contributed by atoms with E-state index in [1.807, 2.05) is 0 Å². The van der Waals surface area contributed by atoms with Gasteiger partial charge in [-0.05, 0) is 31.3 Å². The van der Waals surface area contributed by atoms with Crippen molar-refractivity contribution in [3.63, 3.8) is 0 Å². The third kappa shape index (κ3) is 4.56. The number of hydrogen-bond acceptors (Lipinski definition) is 4. The largest absolute Gasteiger partial charge is 0.330 e. The first-order chi connectivity index (χ1) is 7.79. The molecule has 1 aliphatic rings. The third-order valence-electron chi connectivity index (χ3n) is 3.63. The van der Waals surface area contributed by atoms with E-state index in [-0.39, 0.29) is 5.41 Å². The first-order valence-corrected chi connectivity index (χ1v) is 8.26. The van der Waals surface area contributed by atoms with Crippen LogP contribution < -0.4 is 5.73 Å². The molecule has 0 aromatic rings. The number of hydrogen-bond donors (Lipinski definition) is 1. The molecule has 0 radical (unpaired) electrons. The van der Waals surface area contributed by atoms with Gasteiger partial charge >= 0.3 is 0 Å². The van der Waals surface area contributed by atoms with Gasteiger partial charge in [0.05, 0.1) is 11.5 Å². The minimum Gasteiger partial charge on any atom is -0.330 e. The smallest absolute Gasteiger partial charge is 0.150 e. The lowest BCUT2D eigenvalue weighted by molar-refractivity contribution is 0.131. The van der Waals surface area contributed by atoms with Crippen LogP contribution >= 0.6 is 0 Å². The Balaban J connectivity index is 2.58. The molecule has 0 saturated carbocycles. The molecule has 1 rings (SSSR count). The van der Waals surface area contributed by atoms with Crippen molar-refractivity contribution in [1.82, 2.24) is 4.90 Å². The van der Waals surface area contributed by atoms with Crippen LogP contribution in [0.25, 0.3) is 0 Å². The first-order valence-electron chi connectivity index (χ1n) is 6.44. The zero-order valence-electron chi connectivity index (χ0n) is 11.3. The van der Waals surface area contributed by atoms with Crippen LogP contribution in [0.2, 0.25) is 0 Å². The molecule has 0 aliphatic carbocycles. The van der Waals surface area contributed by atoms with Gasteiger partial charge in [-0.2, -0.15) is 0 Å². The van der Waals surface area contributed by atoms with E-state index in [0.717, 1.165) is 25.9 Å². The van der Waals surface area contributed by atoms with E-state index in [2.05, 4.69) is 25.7 Å². The summed E-state index contributed by atoms with van der Waals surface area (Å²) in [7, 11) is -2.76. The summed E-state index contributed by atoms with van der Waals surface area (Å²) >= 11 is 0. The van der Waals surface area contributed by atoms with Crippen LogP contribution in [0.3, 0.4) is 0 Å². The normalized spacial score (nSPS) is 21.9. The van der Waals surface area contributed by atoms with Crippen molar-refractivity contribution in [2.75, 3.05) is 31.1 Å². The zero-order chi connectivity index (χ0) is 13.1. The summed E-state index contributed by atoms with van der Waals surface area (Å²) in [6.07, 6.45) is 1.55. The fraction of sp³-hybridized carbons (Fsp3) is 1.00. The highest BCUT2D eigenvalue weighted by Gasteiger charge is 2.30. The second kappa shape index (κ2) is 5.67. The molecular weight excluding hydrogens is 236 g/mol. The molecule has 0 aromatic carbocycles. The van der Waals surface area contributed by atoms with Gasteiger partial charge in [0.15, 0.2) is 0 Å². The first kappa shape index (κ1) is 14.9. The van der Waals surface area contributed by atoms with Crippen molar-refractivity contribution in [2.45, 2.75) is 39.7 Å². The highest BCUT2D eigenvalue weighted by molar-refractivity contribution is 7.91. The van der Waals surface area contributed by atoms with E-state index < -0.39 is 9.84 Å². The second-order valence-electron chi connectivity index (χ2n) is 5.81. The average molecular weight is 262 g/mol. The fourth-order valence-corrected chi connectivity index (χ4v) is 3.82. The minimum atomic E-state index is -2.76. The topological polar surface area (TPSA) is 63.4 Å². The van der Waals surface area contributed by atoms with Gasteiger partial charge in [-0.25, -0.2) is 8.42 Å². The molecule has 5 heteroatoms. The third-order valence-corrected chi connectivity index (χ3v) is 5.35. The number of nitrogens with zero attached hydrogens (tertiary/aromatic N) is 1. The molecule has 0 atom stereocenters. The Morgan fingerprint density at radius 3 is 2.24 bits per heavy atom. The monoisotopic (exact) mass is 262 g/mol. The highest BCUT2D eigenvalue weighted by Crippen LogP contribution is 2.22. The van der Waals surface area contributed by atoms with Crippen LogP contribution in [0.4, 0.5) is 0 Å². The van der Waals surface area contributed by atoms with Gasteiger partial charge in [0.2, 0.25) is 0 Å². The maximum atomic E-state index is 11.4. The summed E-state index contributed by atoms with van der Waals surface area (Å²) in [6.45, 7) is 9.04. The summed E-state index contributed by atoms with van der Waals surface area (Å²) in [6, 6.07) is 0.411. The maximum absolute atomic E-state index is 11.4. The Kier molecular flexibility index (Phi) is 4.98. The summed E-state index contributed by atoms with van der Waals surface area (Å²) in [5.41, 5.74) is 5.86. The Morgan fingerprint density at radius 2 is 1.82 bits per heavy atom. The lowest BCUT2D eigenvalue weighted by Gasteiger charge is -2.38. The summed E-state index contributed by atoms with van der Waals surface area (Å²) in [4.78, 5) is 2.39. The average Bonchev–Trinajstić information content (AvgIpc) is 2.26. The van der Waals surface area contributed by atoms with Gasteiger partial charge in [-0.3, -0.25) is 0 Å². The highest BCUT2D eigenvalue weighted by atomic mass is 32.2. The van der Waals surface area contributed by atoms with E-state index in [4.69, 9.17) is 5.73 Å². The van der Waals surface area contributed by atoms with Crippen molar-refractivity contribution in [1.29, 1.82) is 0 Å². The zero-order valence-corrected chi connectivity index (χ0v) is 12.1. The van der Waals surface area contributed by atoms with Gasteiger partial charge in [0.25, 0.3) is 0 Å². The van der Waals surface area contributed by atoms with Gasteiger partial charge in [0.1, 0.15) is 9.84 Å². The van der Waals surface area contributed by atoms with Crippen molar-refractivity contribution in [3.8, 4) is 0 Å². The van der Waals surface area contributed by atoms with Crippen molar-refractivity contribution < 1.29 is 8.42 Å². The number of sulfone groups is 1. The molecule has 0 unspecified atom stereocenters. The van der Waals surface area contributed by atoms with Crippen molar-refractivity contribution >= 4 is 9.84 Å². The van der Waals surface area contributed by atoms with Crippen molar-refractivity contribution in [2.24, 2.45) is 11.1 Å². The van der Waals surface area contributed by atoms with Crippen LogP contribution in [0, 0.1) is 5.41 Å². The molecule has 1 saturated heterocycles. The maximum Gasteiger partial charge on any atom is 0.150 e. The molecule has 0 bridgehead atoms. The van der Waals surface area contributed by atoms with E-state index in [1.54, 1.807) is 0 Å². The van der Waals surface area contributed by atoms with Crippen LogP contribution in [0.15, 0.2) is 0 Å². The van der Waals surface area contributed by atoms with E-state index >= 15 is 0 Å². The SMILES string of the molecule is CCN(CC(C)(C)CN)C1CCS(=O)(=O)CC1. The minimum absolute atomic E-state index is 0.104. The van der Waals surface area contributed by atoms with Crippen LogP contribution in [-0.4, -0.2) is 50.5 Å². The summed E-state index contributed by atoms with van der Waals surface area (Å²) < 4.78 is 22.8. The van der Waals surface area contributed by atoms with E-state index in [0.29, 0.717) is 24.1 Å². The fourth-order valence-electron chi connectivity index (χ4n) is 2.36. The molecule has 0 spiro atoms. The Morgan fingerprint density at radius 1 is 1.29 bits per heavy atom. The molecule has 102 valence electrons. The molecule has 17 heavy (non-hydrogen) atoms. The lowest BCUT2D eigenvalue weighted by Crippen LogP contribution is -2.47. The number of nitrogens with two attached hydrogens (primary N) is 1. The molecule has 0 aromatic heterocycles. The van der Waals surface area contributed by atoms with Crippen LogP contribution in [0.1, 0.15) is 33.6 Å². The van der Waals surface area contributed by atoms with Gasteiger partial charge in [-0.1, -0.05) is 20.8 Å².